The second-order valence-corrected chi connectivity index (χ2v) is 6.95. The smallest absolute Gasteiger partial charge is 0.336 e. The molecular formula is C20H14O4. The Kier molecular flexibility index (Phi) is 2.39. The first-order chi connectivity index (χ1) is 11.5. The summed E-state index contributed by atoms with van der Waals surface area (Å²) in [5.41, 5.74) is 3.80. The number of carboxylic acids is 1. The number of aryl methyl sites for hydroxylation is 1. The molecule has 0 radical (unpaired) electrons. The average Bonchev–Trinajstić information content (AvgIpc) is 2.89. The normalized spacial score (nSPS) is 28.7. The standard InChI is InChI=1S/C20H14O4/c1-8-4-2-5-9-12(8)18(21)16-14(9)17-15(16)10-6-3-7-11(20(23)24)13(10)19(17)22/h2-7,14-17H,1H3,(H,23,24)/t14-,15-,16-,17+/m1/s1. The van der Waals surface area contributed by atoms with Gasteiger partial charge in [-0.3, -0.25) is 9.59 Å². The van der Waals surface area contributed by atoms with Crippen LogP contribution in [0.1, 0.15) is 59.6 Å². The molecule has 4 nitrogen and oxygen atoms in total. The van der Waals surface area contributed by atoms with Crippen molar-refractivity contribution in [2.45, 2.75) is 18.8 Å². The number of Topliss-reactive ketones (excluding diaryl/α,β-unsaturated/α-hetero) is 2. The van der Waals surface area contributed by atoms with E-state index in [0.29, 0.717) is 5.56 Å². The molecule has 1 fully saturated rings. The van der Waals surface area contributed by atoms with Gasteiger partial charge in [-0.15, -0.1) is 0 Å². The minimum atomic E-state index is -1.09. The van der Waals surface area contributed by atoms with Crippen LogP contribution in [-0.4, -0.2) is 22.6 Å². The minimum absolute atomic E-state index is 0.0573. The Morgan fingerprint density at radius 2 is 1.38 bits per heavy atom. The van der Waals surface area contributed by atoms with Crippen LogP contribution in [-0.2, 0) is 0 Å². The van der Waals surface area contributed by atoms with Gasteiger partial charge >= 0.3 is 5.97 Å². The lowest BCUT2D eigenvalue weighted by atomic mass is 9.57. The first kappa shape index (κ1) is 13.7. The Hall–Kier alpha value is -2.75. The first-order valence-electron chi connectivity index (χ1n) is 8.06. The van der Waals surface area contributed by atoms with E-state index in [1.165, 1.54) is 6.07 Å². The highest BCUT2D eigenvalue weighted by atomic mass is 16.4. The van der Waals surface area contributed by atoms with E-state index in [0.717, 1.165) is 22.3 Å². The van der Waals surface area contributed by atoms with Crippen molar-refractivity contribution in [3.8, 4) is 0 Å². The number of fused-ring (bicyclic) bond motifs is 8. The number of rotatable bonds is 1. The van der Waals surface area contributed by atoms with E-state index in [1.54, 1.807) is 6.07 Å². The van der Waals surface area contributed by atoms with Gasteiger partial charge in [-0.1, -0.05) is 30.3 Å². The van der Waals surface area contributed by atoms with Crippen LogP contribution in [0.15, 0.2) is 36.4 Å². The molecule has 4 heteroatoms. The molecule has 1 N–H and O–H groups in total. The Bertz CT molecular complexity index is 972. The van der Waals surface area contributed by atoms with Crippen LogP contribution >= 0.6 is 0 Å². The third-order valence-electron chi connectivity index (χ3n) is 6.00. The third kappa shape index (κ3) is 1.34. The second-order valence-electron chi connectivity index (χ2n) is 6.95. The second kappa shape index (κ2) is 4.20. The van der Waals surface area contributed by atoms with Gasteiger partial charge in [-0.25, -0.2) is 4.79 Å². The van der Waals surface area contributed by atoms with Gasteiger partial charge in [0.15, 0.2) is 11.6 Å². The topological polar surface area (TPSA) is 71.4 Å². The lowest BCUT2D eigenvalue weighted by Crippen LogP contribution is -2.43. The zero-order chi connectivity index (χ0) is 16.7. The number of hydrogen-bond acceptors (Lipinski definition) is 3. The molecule has 2 aromatic carbocycles. The Balaban J connectivity index is 1.70. The molecule has 0 aromatic heterocycles. The third-order valence-corrected chi connectivity index (χ3v) is 6.00. The fraction of sp³-hybridized carbons (Fsp3) is 0.250. The fourth-order valence-electron chi connectivity index (χ4n) is 5.11. The number of benzene rings is 2. The van der Waals surface area contributed by atoms with Crippen molar-refractivity contribution in [2.75, 3.05) is 0 Å². The number of aromatic carboxylic acids is 1. The highest BCUT2D eigenvalue weighted by molar-refractivity contribution is 6.16. The van der Waals surface area contributed by atoms with Crippen molar-refractivity contribution < 1.29 is 19.5 Å². The van der Waals surface area contributed by atoms with Crippen molar-refractivity contribution in [3.63, 3.8) is 0 Å². The zero-order valence-corrected chi connectivity index (χ0v) is 12.9. The van der Waals surface area contributed by atoms with Gasteiger partial charge in [0.25, 0.3) is 0 Å². The largest absolute Gasteiger partial charge is 0.478 e. The van der Waals surface area contributed by atoms with E-state index in [2.05, 4.69) is 0 Å². The van der Waals surface area contributed by atoms with Crippen molar-refractivity contribution in [1.29, 1.82) is 0 Å². The highest BCUT2D eigenvalue weighted by Gasteiger charge is 2.65. The number of carboxylic acid groups (broad SMARTS) is 1. The summed E-state index contributed by atoms with van der Waals surface area (Å²) in [6.07, 6.45) is 0. The van der Waals surface area contributed by atoms with Gasteiger partial charge in [0.05, 0.1) is 5.56 Å². The van der Waals surface area contributed by atoms with Crippen LogP contribution in [0.3, 0.4) is 0 Å². The summed E-state index contributed by atoms with van der Waals surface area (Å²) in [5, 5.41) is 9.39. The van der Waals surface area contributed by atoms with Crippen LogP contribution in [0.25, 0.3) is 0 Å². The number of carbonyl (C=O) groups excluding carboxylic acids is 2. The summed E-state index contributed by atoms with van der Waals surface area (Å²) < 4.78 is 0. The van der Waals surface area contributed by atoms with E-state index in [1.807, 2.05) is 31.2 Å². The molecule has 24 heavy (non-hydrogen) atoms. The molecule has 1 saturated carbocycles. The molecule has 0 heterocycles. The summed E-state index contributed by atoms with van der Waals surface area (Å²) >= 11 is 0. The van der Waals surface area contributed by atoms with Crippen molar-refractivity contribution in [3.05, 3.63) is 69.8 Å². The van der Waals surface area contributed by atoms with Gasteiger partial charge in [-0.2, -0.15) is 0 Å². The van der Waals surface area contributed by atoms with Crippen molar-refractivity contribution in [2.24, 2.45) is 11.8 Å². The molecule has 118 valence electrons. The van der Waals surface area contributed by atoms with E-state index >= 15 is 0 Å². The van der Waals surface area contributed by atoms with Gasteiger partial charge in [0, 0.05) is 34.8 Å². The van der Waals surface area contributed by atoms with Gasteiger partial charge < -0.3 is 5.11 Å². The summed E-state index contributed by atoms with van der Waals surface area (Å²) in [7, 11) is 0. The van der Waals surface area contributed by atoms with E-state index in [-0.39, 0.29) is 40.8 Å². The summed E-state index contributed by atoms with van der Waals surface area (Å²) in [4.78, 5) is 37.4. The van der Waals surface area contributed by atoms with Gasteiger partial charge in [-0.05, 0) is 29.7 Å². The van der Waals surface area contributed by atoms with Crippen LogP contribution < -0.4 is 0 Å². The Morgan fingerprint density at radius 1 is 0.833 bits per heavy atom. The maximum absolute atomic E-state index is 13.0. The highest BCUT2D eigenvalue weighted by Crippen LogP contribution is 2.67. The lowest BCUT2D eigenvalue weighted by molar-refractivity contribution is 0.0590. The minimum Gasteiger partial charge on any atom is -0.478 e. The number of hydrogen-bond donors (Lipinski definition) is 1. The van der Waals surface area contributed by atoms with Crippen molar-refractivity contribution in [1.82, 2.24) is 0 Å². The van der Waals surface area contributed by atoms with Crippen LogP contribution in [0.5, 0.6) is 0 Å². The maximum Gasteiger partial charge on any atom is 0.336 e. The monoisotopic (exact) mass is 318 g/mol. The van der Waals surface area contributed by atoms with E-state index in [4.69, 9.17) is 0 Å². The van der Waals surface area contributed by atoms with Crippen LogP contribution in [0, 0.1) is 18.8 Å². The summed E-state index contributed by atoms with van der Waals surface area (Å²) in [5.74, 6) is -1.88. The molecule has 0 spiro atoms. The van der Waals surface area contributed by atoms with Crippen LogP contribution in [0.2, 0.25) is 0 Å². The SMILES string of the molecule is Cc1cccc2c1C(=O)[C@@H]1[C@@H]2[C@@H]2C(=O)c3c(C(=O)O)cccc3[C@H]12. The predicted molar refractivity (Wildman–Crippen MR) is 85.7 cm³/mol. The number of ketones is 2. The molecule has 5 rings (SSSR count). The molecule has 2 aromatic rings. The van der Waals surface area contributed by atoms with E-state index in [9.17, 15) is 19.5 Å². The van der Waals surface area contributed by atoms with E-state index < -0.39 is 5.97 Å². The molecule has 0 aliphatic heterocycles. The first-order valence-corrected chi connectivity index (χ1v) is 8.06. The molecule has 3 aliphatic rings. The predicted octanol–water partition coefficient (Wildman–Crippen LogP) is 3.20. The van der Waals surface area contributed by atoms with Gasteiger partial charge in [0.2, 0.25) is 0 Å². The average molecular weight is 318 g/mol. The quantitative estimate of drug-likeness (QED) is 0.876. The molecule has 0 saturated heterocycles. The lowest BCUT2D eigenvalue weighted by Gasteiger charge is -2.43. The summed E-state index contributed by atoms with van der Waals surface area (Å²) in [6, 6.07) is 10.7. The molecular weight excluding hydrogens is 304 g/mol. The summed E-state index contributed by atoms with van der Waals surface area (Å²) in [6.45, 7) is 1.93. The van der Waals surface area contributed by atoms with Crippen LogP contribution in [0.4, 0.5) is 0 Å². The Morgan fingerprint density at radius 3 is 2.00 bits per heavy atom. The Labute approximate surface area is 138 Å². The molecule has 0 amide bonds. The van der Waals surface area contributed by atoms with Gasteiger partial charge in [0.1, 0.15) is 0 Å². The zero-order valence-electron chi connectivity index (χ0n) is 12.9. The fourth-order valence-corrected chi connectivity index (χ4v) is 5.11. The molecule has 4 atom stereocenters. The molecule has 0 unspecified atom stereocenters. The number of carbonyl (C=O) groups is 3. The molecule has 0 bridgehead atoms. The van der Waals surface area contributed by atoms with Crippen molar-refractivity contribution >= 4 is 17.5 Å². The molecule has 3 aliphatic carbocycles. The maximum atomic E-state index is 13.0.